The van der Waals surface area contributed by atoms with Gasteiger partial charge in [0, 0.05) is 52.2 Å². The van der Waals surface area contributed by atoms with Crippen molar-refractivity contribution in [3.05, 3.63) is 36.1 Å². The zero-order valence-corrected chi connectivity index (χ0v) is 15.3. The Kier molecular flexibility index (Phi) is 6.34. The average Bonchev–Trinajstić information content (AvgIpc) is 3.07. The van der Waals surface area contributed by atoms with Gasteiger partial charge in [0.2, 0.25) is 0 Å². The normalized spacial score (nSPS) is 16.3. The van der Waals surface area contributed by atoms with Gasteiger partial charge in [-0.15, -0.1) is 0 Å². The van der Waals surface area contributed by atoms with Crippen LogP contribution >= 0.6 is 0 Å². The number of hydrogen-bond donors (Lipinski definition) is 1. The van der Waals surface area contributed by atoms with E-state index >= 15 is 0 Å². The summed E-state index contributed by atoms with van der Waals surface area (Å²) in [6.07, 6.45) is 4.42. The van der Waals surface area contributed by atoms with Crippen LogP contribution in [0.25, 0.3) is 11.0 Å². The van der Waals surface area contributed by atoms with E-state index in [0.717, 1.165) is 61.3 Å². The van der Waals surface area contributed by atoms with Gasteiger partial charge in [0.15, 0.2) is 5.96 Å². The van der Waals surface area contributed by atoms with Gasteiger partial charge in [0.25, 0.3) is 0 Å². The second-order valence-electron chi connectivity index (χ2n) is 6.74. The lowest BCUT2D eigenvalue weighted by Gasteiger charge is -2.26. The molecule has 2 aromatic rings. The maximum absolute atomic E-state index is 5.87. The minimum atomic E-state index is 0.782. The van der Waals surface area contributed by atoms with Crippen LogP contribution in [-0.4, -0.2) is 51.3 Å². The molecule has 0 bridgehead atoms. The SMILES string of the molecule is CN=C(NCCc1cc2ccccc2o1)N(C)CCC1CCOCC1. The first-order valence-electron chi connectivity index (χ1n) is 9.23. The molecular formula is C20H29N3O2. The van der Waals surface area contributed by atoms with E-state index in [1.54, 1.807) is 0 Å². The molecular weight excluding hydrogens is 314 g/mol. The van der Waals surface area contributed by atoms with Gasteiger partial charge in [-0.3, -0.25) is 4.99 Å². The Labute approximate surface area is 150 Å². The second-order valence-corrected chi connectivity index (χ2v) is 6.74. The number of fused-ring (bicyclic) bond motifs is 1. The van der Waals surface area contributed by atoms with Gasteiger partial charge >= 0.3 is 0 Å². The van der Waals surface area contributed by atoms with Crippen molar-refractivity contribution in [3.63, 3.8) is 0 Å². The smallest absolute Gasteiger partial charge is 0.193 e. The number of para-hydroxylation sites is 1. The van der Waals surface area contributed by atoms with Crippen LogP contribution in [0, 0.1) is 5.92 Å². The number of furan rings is 1. The predicted molar refractivity (Wildman–Crippen MR) is 102 cm³/mol. The van der Waals surface area contributed by atoms with Crippen molar-refractivity contribution in [1.29, 1.82) is 0 Å². The number of benzene rings is 1. The summed E-state index contributed by atoms with van der Waals surface area (Å²) >= 11 is 0. The van der Waals surface area contributed by atoms with E-state index in [4.69, 9.17) is 9.15 Å². The summed E-state index contributed by atoms with van der Waals surface area (Å²) in [5.74, 6) is 2.74. The van der Waals surface area contributed by atoms with Crippen molar-refractivity contribution in [2.24, 2.45) is 10.9 Å². The van der Waals surface area contributed by atoms with E-state index in [1.165, 1.54) is 19.3 Å². The van der Waals surface area contributed by atoms with Crippen molar-refractivity contribution in [2.45, 2.75) is 25.7 Å². The Morgan fingerprint density at radius 1 is 1.28 bits per heavy atom. The summed E-state index contributed by atoms with van der Waals surface area (Å²) < 4.78 is 11.3. The summed E-state index contributed by atoms with van der Waals surface area (Å²) in [6, 6.07) is 10.3. The molecule has 0 aliphatic carbocycles. The van der Waals surface area contributed by atoms with Crippen molar-refractivity contribution in [2.75, 3.05) is 40.4 Å². The molecule has 1 fully saturated rings. The second kappa shape index (κ2) is 8.90. The molecule has 1 aromatic heterocycles. The molecule has 0 amide bonds. The zero-order valence-electron chi connectivity index (χ0n) is 15.3. The van der Waals surface area contributed by atoms with E-state index in [9.17, 15) is 0 Å². The highest BCUT2D eigenvalue weighted by atomic mass is 16.5. The molecule has 1 aromatic carbocycles. The van der Waals surface area contributed by atoms with E-state index in [-0.39, 0.29) is 0 Å². The van der Waals surface area contributed by atoms with Crippen LogP contribution in [0.4, 0.5) is 0 Å². The average molecular weight is 343 g/mol. The fourth-order valence-electron chi connectivity index (χ4n) is 3.36. The summed E-state index contributed by atoms with van der Waals surface area (Å²) in [5.41, 5.74) is 0.954. The minimum absolute atomic E-state index is 0.782. The molecule has 2 heterocycles. The van der Waals surface area contributed by atoms with Crippen LogP contribution < -0.4 is 5.32 Å². The van der Waals surface area contributed by atoms with Crippen LogP contribution in [0.2, 0.25) is 0 Å². The quantitative estimate of drug-likeness (QED) is 0.646. The Bertz CT molecular complexity index is 656. The number of nitrogens with zero attached hydrogens (tertiary/aromatic N) is 2. The summed E-state index contributed by atoms with van der Waals surface area (Å²) in [6.45, 7) is 3.67. The third-order valence-electron chi connectivity index (χ3n) is 4.92. The van der Waals surface area contributed by atoms with E-state index in [2.05, 4.69) is 34.4 Å². The van der Waals surface area contributed by atoms with Crippen LogP contribution in [0.5, 0.6) is 0 Å². The van der Waals surface area contributed by atoms with Crippen molar-refractivity contribution >= 4 is 16.9 Å². The molecule has 0 saturated carbocycles. The Morgan fingerprint density at radius 2 is 2.08 bits per heavy atom. The number of ether oxygens (including phenoxy) is 1. The van der Waals surface area contributed by atoms with Crippen LogP contribution in [0.1, 0.15) is 25.0 Å². The molecule has 1 saturated heterocycles. The molecule has 0 unspecified atom stereocenters. The largest absolute Gasteiger partial charge is 0.461 e. The highest BCUT2D eigenvalue weighted by Crippen LogP contribution is 2.19. The first-order chi connectivity index (χ1) is 12.3. The van der Waals surface area contributed by atoms with Gasteiger partial charge in [-0.2, -0.15) is 0 Å². The lowest BCUT2D eigenvalue weighted by molar-refractivity contribution is 0.0625. The lowest BCUT2D eigenvalue weighted by atomic mass is 9.96. The third-order valence-corrected chi connectivity index (χ3v) is 4.92. The van der Waals surface area contributed by atoms with E-state index in [0.29, 0.717) is 0 Å². The van der Waals surface area contributed by atoms with Crippen LogP contribution in [0.3, 0.4) is 0 Å². The number of rotatable bonds is 6. The molecule has 0 atom stereocenters. The number of aliphatic imine (C=N–C) groups is 1. The fourth-order valence-corrected chi connectivity index (χ4v) is 3.36. The topological polar surface area (TPSA) is 50.0 Å². The first-order valence-corrected chi connectivity index (χ1v) is 9.23. The summed E-state index contributed by atoms with van der Waals surface area (Å²) in [7, 11) is 3.95. The Morgan fingerprint density at radius 3 is 2.84 bits per heavy atom. The van der Waals surface area contributed by atoms with Gasteiger partial charge in [0.1, 0.15) is 11.3 Å². The fraction of sp³-hybridized carbons (Fsp3) is 0.550. The molecule has 3 rings (SSSR count). The molecule has 1 aliphatic rings. The highest BCUT2D eigenvalue weighted by Gasteiger charge is 2.15. The lowest BCUT2D eigenvalue weighted by Crippen LogP contribution is -2.40. The minimum Gasteiger partial charge on any atom is -0.461 e. The standard InChI is InChI=1S/C20H29N3O2/c1-21-20(23(2)12-8-16-9-13-24-14-10-16)22-11-7-18-15-17-5-3-4-6-19(17)25-18/h3-6,15-16H,7-14H2,1-2H3,(H,21,22). The molecule has 1 N–H and O–H groups in total. The van der Waals surface area contributed by atoms with Crippen LogP contribution in [0.15, 0.2) is 39.7 Å². The molecule has 136 valence electrons. The summed E-state index contributed by atoms with van der Waals surface area (Å²) in [4.78, 5) is 6.62. The molecule has 5 nitrogen and oxygen atoms in total. The molecule has 5 heteroatoms. The number of nitrogens with one attached hydrogen (secondary N) is 1. The molecule has 0 radical (unpaired) electrons. The number of guanidine groups is 1. The van der Waals surface area contributed by atoms with Gasteiger partial charge in [0.05, 0.1) is 0 Å². The van der Waals surface area contributed by atoms with Gasteiger partial charge in [-0.25, -0.2) is 0 Å². The maximum atomic E-state index is 5.87. The Balaban J connectivity index is 1.43. The molecule has 0 spiro atoms. The van der Waals surface area contributed by atoms with Gasteiger partial charge in [-0.1, -0.05) is 18.2 Å². The van der Waals surface area contributed by atoms with E-state index in [1.807, 2.05) is 25.2 Å². The summed E-state index contributed by atoms with van der Waals surface area (Å²) in [5, 5.41) is 4.60. The van der Waals surface area contributed by atoms with Crippen molar-refractivity contribution in [3.8, 4) is 0 Å². The maximum Gasteiger partial charge on any atom is 0.193 e. The highest BCUT2D eigenvalue weighted by molar-refractivity contribution is 5.79. The predicted octanol–water partition coefficient (Wildman–Crippen LogP) is 3.30. The van der Waals surface area contributed by atoms with Crippen molar-refractivity contribution < 1.29 is 9.15 Å². The number of hydrogen-bond acceptors (Lipinski definition) is 3. The molecule has 25 heavy (non-hydrogen) atoms. The monoisotopic (exact) mass is 343 g/mol. The van der Waals surface area contributed by atoms with Gasteiger partial charge < -0.3 is 19.4 Å². The molecule has 1 aliphatic heterocycles. The van der Waals surface area contributed by atoms with Gasteiger partial charge in [-0.05, 0) is 37.3 Å². The zero-order chi connectivity index (χ0) is 17.5. The Hall–Kier alpha value is -2.01. The third kappa shape index (κ3) is 4.98. The first kappa shape index (κ1) is 17.8. The van der Waals surface area contributed by atoms with Crippen LogP contribution in [-0.2, 0) is 11.2 Å². The van der Waals surface area contributed by atoms with Crippen molar-refractivity contribution in [1.82, 2.24) is 10.2 Å². The van der Waals surface area contributed by atoms with E-state index < -0.39 is 0 Å².